The lowest BCUT2D eigenvalue weighted by Gasteiger charge is -2.27. The smallest absolute Gasteiger partial charge is 0.337 e. The standard InChI is InChI=1S/C9H23NO2Si/c1-4-5-8-13(11-2,12-3)9-6-7-10/h4-10H2,1-3H3. The zero-order chi connectivity index (χ0) is 10.2. The Balaban J connectivity index is 3.97. The van der Waals surface area contributed by atoms with Crippen LogP contribution in [0.25, 0.3) is 0 Å². The number of hydrogen-bond donors (Lipinski definition) is 1. The SMILES string of the molecule is CCCC[Si](CCCN)(OC)OC. The van der Waals surface area contributed by atoms with Crippen molar-refractivity contribution in [2.75, 3.05) is 20.8 Å². The normalized spacial score (nSPS) is 12.0. The van der Waals surface area contributed by atoms with Crippen molar-refractivity contribution < 1.29 is 8.85 Å². The molecule has 0 amide bonds. The Hall–Kier alpha value is 0.0969. The zero-order valence-corrected chi connectivity index (χ0v) is 10.1. The average molecular weight is 205 g/mol. The van der Waals surface area contributed by atoms with E-state index in [1.54, 1.807) is 14.2 Å². The minimum Gasteiger partial charge on any atom is -0.398 e. The molecule has 0 heterocycles. The van der Waals surface area contributed by atoms with Crippen LogP contribution in [0.15, 0.2) is 0 Å². The fourth-order valence-corrected chi connectivity index (χ4v) is 4.30. The molecule has 0 saturated carbocycles. The molecule has 0 aromatic rings. The van der Waals surface area contributed by atoms with Gasteiger partial charge >= 0.3 is 8.56 Å². The second-order valence-electron chi connectivity index (χ2n) is 3.31. The molecule has 3 nitrogen and oxygen atoms in total. The third kappa shape index (κ3) is 4.76. The lowest BCUT2D eigenvalue weighted by atomic mass is 10.4. The predicted molar refractivity (Wildman–Crippen MR) is 58.0 cm³/mol. The summed E-state index contributed by atoms with van der Waals surface area (Å²) in [5, 5.41) is 0. The van der Waals surface area contributed by atoms with Gasteiger partial charge in [-0.2, -0.15) is 0 Å². The Labute approximate surface area is 82.9 Å². The van der Waals surface area contributed by atoms with E-state index in [1.807, 2.05) is 0 Å². The molecule has 13 heavy (non-hydrogen) atoms. The molecule has 0 unspecified atom stereocenters. The molecule has 0 aromatic carbocycles. The van der Waals surface area contributed by atoms with Crippen LogP contribution in [0.5, 0.6) is 0 Å². The predicted octanol–water partition coefficient (Wildman–Crippen LogP) is 1.87. The highest BCUT2D eigenvalue weighted by Gasteiger charge is 2.33. The van der Waals surface area contributed by atoms with Crippen LogP contribution >= 0.6 is 0 Å². The maximum absolute atomic E-state index is 5.55. The summed E-state index contributed by atoms with van der Waals surface area (Å²) in [5.74, 6) is 0. The monoisotopic (exact) mass is 205 g/mol. The van der Waals surface area contributed by atoms with Gasteiger partial charge in [0.2, 0.25) is 0 Å². The molecule has 0 atom stereocenters. The van der Waals surface area contributed by atoms with Crippen LogP contribution < -0.4 is 5.73 Å². The Morgan fingerprint density at radius 1 is 1.08 bits per heavy atom. The van der Waals surface area contributed by atoms with Crippen molar-refractivity contribution in [3.05, 3.63) is 0 Å². The van der Waals surface area contributed by atoms with E-state index in [-0.39, 0.29) is 0 Å². The van der Waals surface area contributed by atoms with Crippen molar-refractivity contribution >= 4 is 8.56 Å². The first-order valence-electron chi connectivity index (χ1n) is 5.05. The molecule has 0 bridgehead atoms. The number of rotatable bonds is 8. The van der Waals surface area contributed by atoms with Crippen molar-refractivity contribution in [1.82, 2.24) is 0 Å². The van der Waals surface area contributed by atoms with E-state index >= 15 is 0 Å². The third-order valence-electron chi connectivity index (χ3n) is 2.42. The molecule has 0 aliphatic heterocycles. The van der Waals surface area contributed by atoms with Crippen molar-refractivity contribution in [1.29, 1.82) is 0 Å². The highest BCUT2D eigenvalue weighted by atomic mass is 28.4. The van der Waals surface area contributed by atoms with Gasteiger partial charge in [0.25, 0.3) is 0 Å². The Morgan fingerprint density at radius 2 is 1.62 bits per heavy atom. The van der Waals surface area contributed by atoms with Gasteiger partial charge in [0, 0.05) is 14.2 Å². The van der Waals surface area contributed by atoms with Crippen LogP contribution in [0.2, 0.25) is 12.1 Å². The number of unbranched alkanes of at least 4 members (excludes halogenated alkanes) is 1. The maximum atomic E-state index is 5.55. The van der Waals surface area contributed by atoms with Gasteiger partial charge in [-0.3, -0.25) is 0 Å². The van der Waals surface area contributed by atoms with E-state index in [4.69, 9.17) is 14.6 Å². The van der Waals surface area contributed by atoms with Gasteiger partial charge in [0.15, 0.2) is 0 Å². The molecule has 0 rings (SSSR count). The van der Waals surface area contributed by atoms with Crippen molar-refractivity contribution in [2.24, 2.45) is 5.73 Å². The molecule has 0 aromatic heterocycles. The van der Waals surface area contributed by atoms with Crippen LogP contribution in [-0.2, 0) is 8.85 Å². The van der Waals surface area contributed by atoms with Crippen LogP contribution in [-0.4, -0.2) is 29.3 Å². The molecule has 0 fully saturated rings. The third-order valence-corrected chi connectivity index (χ3v) is 6.14. The Bertz CT molecular complexity index is 108. The highest BCUT2D eigenvalue weighted by Crippen LogP contribution is 2.21. The molecule has 80 valence electrons. The first kappa shape index (κ1) is 13.1. The fourth-order valence-electron chi connectivity index (χ4n) is 1.43. The van der Waals surface area contributed by atoms with Crippen LogP contribution in [0.4, 0.5) is 0 Å². The van der Waals surface area contributed by atoms with E-state index in [1.165, 1.54) is 12.8 Å². The van der Waals surface area contributed by atoms with Crippen molar-refractivity contribution in [2.45, 2.75) is 38.3 Å². The summed E-state index contributed by atoms with van der Waals surface area (Å²) < 4.78 is 11.1. The summed E-state index contributed by atoms with van der Waals surface area (Å²) in [6.07, 6.45) is 3.40. The quantitative estimate of drug-likeness (QED) is 0.615. The van der Waals surface area contributed by atoms with E-state index < -0.39 is 8.56 Å². The van der Waals surface area contributed by atoms with Crippen molar-refractivity contribution in [3.8, 4) is 0 Å². The van der Waals surface area contributed by atoms with Crippen LogP contribution in [0.1, 0.15) is 26.2 Å². The van der Waals surface area contributed by atoms with Gasteiger partial charge < -0.3 is 14.6 Å². The molecule has 4 heteroatoms. The largest absolute Gasteiger partial charge is 0.398 e. The van der Waals surface area contributed by atoms with Gasteiger partial charge in [-0.25, -0.2) is 0 Å². The first-order valence-corrected chi connectivity index (χ1v) is 7.28. The van der Waals surface area contributed by atoms with E-state index in [2.05, 4.69) is 6.92 Å². The molecule has 0 spiro atoms. The summed E-state index contributed by atoms with van der Waals surface area (Å²) >= 11 is 0. The molecular formula is C9H23NO2Si. The minimum atomic E-state index is -1.87. The Morgan fingerprint density at radius 3 is 2.00 bits per heavy atom. The highest BCUT2D eigenvalue weighted by molar-refractivity contribution is 6.67. The summed E-state index contributed by atoms with van der Waals surface area (Å²) in [6.45, 7) is 2.92. The second-order valence-corrected chi connectivity index (χ2v) is 6.95. The summed E-state index contributed by atoms with van der Waals surface area (Å²) in [5.41, 5.74) is 5.48. The number of nitrogens with two attached hydrogens (primary N) is 1. The van der Waals surface area contributed by atoms with Crippen molar-refractivity contribution in [3.63, 3.8) is 0 Å². The Kier molecular flexibility index (Phi) is 7.55. The summed E-state index contributed by atoms with van der Waals surface area (Å²) in [7, 11) is 1.67. The van der Waals surface area contributed by atoms with E-state index in [9.17, 15) is 0 Å². The van der Waals surface area contributed by atoms with Gasteiger partial charge in [-0.15, -0.1) is 0 Å². The topological polar surface area (TPSA) is 44.5 Å². The van der Waals surface area contributed by atoms with Gasteiger partial charge in [-0.1, -0.05) is 19.8 Å². The molecule has 0 aliphatic carbocycles. The summed E-state index contributed by atoms with van der Waals surface area (Å²) in [4.78, 5) is 0. The number of hydrogen-bond acceptors (Lipinski definition) is 3. The lowest BCUT2D eigenvalue weighted by Crippen LogP contribution is -2.40. The van der Waals surface area contributed by atoms with Gasteiger partial charge in [-0.05, 0) is 25.1 Å². The van der Waals surface area contributed by atoms with E-state index in [0.29, 0.717) is 0 Å². The first-order chi connectivity index (χ1) is 6.24. The van der Waals surface area contributed by atoms with Crippen LogP contribution in [0, 0.1) is 0 Å². The molecule has 0 radical (unpaired) electrons. The second kappa shape index (κ2) is 7.50. The zero-order valence-electron chi connectivity index (χ0n) is 9.14. The maximum Gasteiger partial charge on any atom is 0.337 e. The van der Waals surface area contributed by atoms with Gasteiger partial charge in [0.05, 0.1) is 0 Å². The molecular weight excluding hydrogens is 182 g/mol. The molecule has 0 saturated heterocycles. The molecule has 2 N–H and O–H groups in total. The fraction of sp³-hybridized carbons (Fsp3) is 1.00. The van der Waals surface area contributed by atoms with E-state index in [0.717, 1.165) is 25.1 Å². The summed E-state index contributed by atoms with van der Waals surface area (Å²) in [6, 6.07) is 2.12. The van der Waals surface area contributed by atoms with Gasteiger partial charge in [0.1, 0.15) is 0 Å². The lowest BCUT2D eigenvalue weighted by molar-refractivity contribution is 0.239. The average Bonchev–Trinajstić information content (AvgIpc) is 2.20. The molecule has 0 aliphatic rings. The van der Waals surface area contributed by atoms with Crippen LogP contribution in [0.3, 0.4) is 0 Å². The minimum absolute atomic E-state index is 0.730.